The standard InChI is InChI=1S/C16H27NS/c1-4-18-13-11-15(3)17-12-10-14(2)16-8-6-5-7-9-16/h5-9,14-15,17H,4,10-13H2,1-3H3. The first kappa shape index (κ1) is 15.6. The van der Waals surface area contributed by atoms with Crippen LogP contribution >= 0.6 is 11.8 Å². The summed E-state index contributed by atoms with van der Waals surface area (Å²) in [4.78, 5) is 0. The van der Waals surface area contributed by atoms with E-state index in [2.05, 4.69) is 56.4 Å². The molecule has 1 N–H and O–H groups in total. The molecule has 2 unspecified atom stereocenters. The molecule has 1 nitrogen and oxygen atoms in total. The third kappa shape index (κ3) is 6.46. The Bertz CT molecular complexity index is 299. The van der Waals surface area contributed by atoms with Crippen molar-refractivity contribution in [3.05, 3.63) is 35.9 Å². The lowest BCUT2D eigenvalue weighted by molar-refractivity contribution is 0.507. The average molecular weight is 265 g/mol. The van der Waals surface area contributed by atoms with Crippen LogP contribution in [0.1, 0.15) is 45.1 Å². The molecular weight excluding hydrogens is 238 g/mol. The monoisotopic (exact) mass is 265 g/mol. The topological polar surface area (TPSA) is 12.0 Å². The highest BCUT2D eigenvalue weighted by Gasteiger charge is 2.06. The summed E-state index contributed by atoms with van der Waals surface area (Å²) in [6, 6.07) is 11.4. The van der Waals surface area contributed by atoms with Crippen LogP contribution in [0.3, 0.4) is 0 Å². The molecule has 0 aromatic heterocycles. The van der Waals surface area contributed by atoms with Gasteiger partial charge in [0.2, 0.25) is 0 Å². The Kier molecular flexibility index (Phi) is 8.19. The molecule has 2 heteroatoms. The van der Waals surface area contributed by atoms with Gasteiger partial charge < -0.3 is 5.32 Å². The van der Waals surface area contributed by atoms with Crippen molar-refractivity contribution >= 4 is 11.8 Å². The molecule has 102 valence electrons. The van der Waals surface area contributed by atoms with Crippen molar-refractivity contribution in [1.82, 2.24) is 5.32 Å². The zero-order valence-corrected chi connectivity index (χ0v) is 12.8. The van der Waals surface area contributed by atoms with Gasteiger partial charge in [-0.15, -0.1) is 0 Å². The number of hydrogen-bond donors (Lipinski definition) is 1. The van der Waals surface area contributed by atoms with Crippen LogP contribution in [0, 0.1) is 0 Å². The summed E-state index contributed by atoms with van der Waals surface area (Å²) in [6.45, 7) is 7.95. The van der Waals surface area contributed by atoms with Crippen molar-refractivity contribution in [1.29, 1.82) is 0 Å². The van der Waals surface area contributed by atoms with Crippen LogP contribution in [0.15, 0.2) is 30.3 Å². The van der Waals surface area contributed by atoms with Crippen molar-refractivity contribution < 1.29 is 0 Å². The Morgan fingerprint density at radius 2 is 1.83 bits per heavy atom. The molecule has 18 heavy (non-hydrogen) atoms. The maximum atomic E-state index is 3.63. The van der Waals surface area contributed by atoms with Crippen molar-refractivity contribution in [2.75, 3.05) is 18.1 Å². The SMILES string of the molecule is CCSCCC(C)NCCC(C)c1ccccc1. The fraction of sp³-hybridized carbons (Fsp3) is 0.625. The first-order chi connectivity index (χ1) is 8.74. The quantitative estimate of drug-likeness (QED) is 0.668. The second-order valence-corrected chi connectivity index (χ2v) is 6.34. The highest BCUT2D eigenvalue weighted by Crippen LogP contribution is 2.17. The van der Waals surface area contributed by atoms with Crippen LogP contribution in [0.25, 0.3) is 0 Å². The second-order valence-electron chi connectivity index (χ2n) is 4.94. The number of nitrogens with one attached hydrogen (secondary N) is 1. The third-order valence-electron chi connectivity index (χ3n) is 3.34. The fourth-order valence-electron chi connectivity index (χ4n) is 2.00. The van der Waals surface area contributed by atoms with Crippen LogP contribution in [-0.4, -0.2) is 24.1 Å². The Morgan fingerprint density at radius 3 is 2.50 bits per heavy atom. The molecule has 0 aliphatic rings. The van der Waals surface area contributed by atoms with E-state index in [1.165, 1.54) is 29.9 Å². The summed E-state index contributed by atoms with van der Waals surface area (Å²) in [6.07, 6.45) is 2.49. The molecule has 0 bridgehead atoms. The second kappa shape index (κ2) is 9.46. The van der Waals surface area contributed by atoms with E-state index in [-0.39, 0.29) is 0 Å². The van der Waals surface area contributed by atoms with Gasteiger partial charge in [0.05, 0.1) is 0 Å². The molecule has 0 saturated heterocycles. The molecule has 1 aromatic rings. The molecule has 0 heterocycles. The fourth-order valence-corrected chi connectivity index (χ4v) is 2.81. The van der Waals surface area contributed by atoms with E-state index in [4.69, 9.17) is 0 Å². The zero-order chi connectivity index (χ0) is 13.2. The van der Waals surface area contributed by atoms with E-state index in [9.17, 15) is 0 Å². The number of hydrogen-bond acceptors (Lipinski definition) is 2. The van der Waals surface area contributed by atoms with Crippen molar-refractivity contribution in [2.45, 2.75) is 45.6 Å². The summed E-state index contributed by atoms with van der Waals surface area (Å²) < 4.78 is 0. The number of rotatable bonds is 9. The summed E-state index contributed by atoms with van der Waals surface area (Å²) in [5, 5.41) is 3.63. The number of thioether (sulfide) groups is 1. The molecule has 1 aromatic carbocycles. The summed E-state index contributed by atoms with van der Waals surface area (Å²) in [7, 11) is 0. The van der Waals surface area contributed by atoms with Gasteiger partial charge in [0.15, 0.2) is 0 Å². The molecule has 0 spiro atoms. The van der Waals surface area contributed by atoms with Gasteiger partial charge in [-0.2, -0.15) is 11.8 Å². The van der Waals surface area contributed by atoms with Gasteiger partial charge in [0, 0.05) is 6.04 Å². The van der Waals surface area contributed by atoms with Crippen LogP contribution in [-0.2, 0) is 0 Å². The van der Waals surface area contributed by atoms with Gasteiger partial charge in [-0.25, -0.2) is 0 Å². The van der Waals surface area contributed by atoms with E-state index < -0.39 is 0 Å². The lowest BCUT2D eigenvalue weighted by atomic mass is 9.98. The van der Waals surface area contributed by atoms with Gasteiger partial charge in [-0.1, -0.05) is 44.2 Å². The van der Waals surface area contributed by atoms with Crippen LogP contribution in [0.5, 0.6) is 0 Å². The molecule has 1 rings (SSSR count). The normalized spacial score (nSPS) is 14.4. The molecule has 0 aliphatic heterocycles. The van der Waals surface area contributed by atoms with Crippen molar-refractivity contribution in [2.24, 2.45) is 0 Å². The number of benzene rings is 1. The van der Waals surface area contributed by atoms with Crippen LogP contribution < -0.4 is 5.32 Å². The van der Waals surface area contributed by atoms with E-state index in [0.29, 0.717) is 12.0 Å². The predicted octanol–water partition coefficient (Wildman–Crippen LogP) is 4.30. The lowest BCUT2D eigenvalue weighted by Gasteiger charge is -2.16. The summed E-state index contributed by atoms with van der Waals surface area (Å²) in [5.41, 5.74) is 1.45. The Hall–Kier alpha value is -0.470. The molecule has 0 radical (unpaired) electrons. The van der Waals surface area contributed by atoms with Gasteiger partial charge in [0.25, 0.3) is 0 Å². The van der Waals surface area contributed by atoms with Gasteiger partial charge in [-0.3, -0.25) is 0 Å². The van der Waals surface area contributed by atoms with Crippen molar-refractivity contribution in [3.63, 3.8) is 0 Å². The summed E-state index contributed by atoms with van der Waals surface area (Å²) >= 11 is 2.03. The maximum absolute atomic E-state index is 3.63. The largest absolute Gasteiger partial charge is 0.314 e. The molecule has 0 aliphatic carbocycles. The Morgan fingerprint density at radius 1 is 1.11 bits per heavy atom. The van der Waals surface area contributed by atoms with Crippen LogP contribution in [0.4, 0.5) is 0 Å². The highest BCUT2D eigenvalue weighted by molar-refractivity contribution is 7.99. The van der Waals surface area contributed by atoms with E-state index in [1.54, 1.807) is 0 Å². The van der Waals surface area contributed by atoms with Gasteiger partial charge in [-0.05, 0) is 49.3 Å². The first-order valence-corrected chi connectivity index (χ1v) is 8.25. The van der Waals surface area contributed by atoms with E-state index >= 15 is 0 Å². The van der Waals surface area contributed by atoms with Gasteiger partial charge in [0.1, 0.15) is 0 Å². The molecule has 0 amide bonds. The maximum Gasteiger partial charge on any atom is 0.00465 e. The molecule has 0 saturated carbocycles. The lowest BCUT2D eigenvalue weighted by Crippen LogP contribution is -2.28. The van der Waals surface area contributed by atoms with Crippen molar-refractivity contribution in [3.8, 4) is 0 Å². The van der Waals surface area contributed by atoms with E-state index in [0.717, 1.165) is 6.54 Å². The smallest absolute Gasteiger partial charge is 0.00465 e. The molecule has 0 fully saturated rings. The van der Waals surface area contributed by atoms with E-state index in [1.807, 2.05) is 11.8 Å². The Balaban J connectivity index is 2.13. The predicted molar refractivity (Wildman–Crippen MR) is 84.6 cm³/mol. The molecular formula is C16H27NS. The minimum atomic E-state index is 0.645. The summed E-state index contributed by atoms with van der Waals surface area (Å²) in [5.74, 6) is 3.16. The molecule has 2 atom stereocenters. The van der Waals surface area contributed by atoms with Gasteiger partial charge >= 0.3 is 0 Å². The zero-order valence-electron chi connectivity index (χ0n) is 12.0. The minimum absolute atomic E-state index is 0.645. The highest BCUT2D eigenvalue weighted by atomic mass is 32.2. The third-order valence-corrected chi connectivity index (χ3v) is 4.27. The average Bonchev–Trinajstić information content (AvgIpc) is 2.40. The minimum Gasteiger partial charge on any atom is -0.314 e. The first-order valence-electron chi connectivity index (χ1n) is 7.10. The Labute approximate surface area is 117 Å². The van der Waals surface area contributed by atoms with Crippen LogP contribution in [0.2, 0.25) is 0 Å².